The number of hydrogen-bond donors (Lipinski definition) is 1. The lowest BCUT2D eigenvalue weighted by atomic mass is 9.93. The molecule has 156 valence electrons. The first-order valence-electron chi connectivity index (χ1n) is 11.2. The lowest BCUT2D eigenvalue weighted by molar-refractivity contribution is 0.0832. The fourth-order valence-corrected chi connectivity index (χ4v) is 4.67. The number of nitrogens with zero attached hydrogens (tertiary/aromatic N) is 4. The van der Waals surface area contributed by atoms with E-state index >= 15 is 0 Å². The normalized spacial score (nSPS) is 16.8. The highest BCUT2D eigenvalue weighted by Crippen LogP contribution is 2.32. The molecule has 0 saturated carbocycles. The first-order valence-corrected chi connectivity index (χ1v) is 11.2. The predicted octanol–water partition coefficient (Wildman–Crippen LogP) is 5.02. The molecule has 0 amide bonds. The highest BCUT2D eigenvalue weighted by Gasteiger charge is 2.28. The van der Waals surface area contributed by atoms with Gasteiger partial charge < -0.3 is 10.3 Å². The average molecular weight is 394 g/mol. The van der Waals surface area contributed by atoms with Gasteiger partial charge in [0, 0.05) is 23.9 Å². The van der Waals surface area contributed by atoms with Crippen LogP contribution in [0.4, 0.5) is 5.82 Å². The van der Waals surface area contributed by atoms with E-state index in [-0.39, 0.29) is 5.54 Å². The second kappa shape index (κ2) is 7.94. The summed E-state index contributed by atoms with van der Waals surface area (Å²) < 4.78 is 2.47. The van der Waals surface area contributed by atoms with Crippen LogP contribution in [0.5, 0.6) is 0 Å². The Kier molecular flexibility index (Phi) is 5.52. The summed E-state index contributed by atoms with van der Waals surface area (Å²) in [5.41, 5.74) is 9.61. The zero-order valence-corrected chi connectivity index (χ0v) is 18.4. The smallest absolute Gasteiger partial charge is 0.152 e. The Labute approximate surface area is 174 Å². The summed E-state index contributed by atoms with van der Waals surface area (Å²) in [6.07, 6.45) is 5.80. The van der Waals surface area contributed by atoms with Gasteiger partial charge in [-0.25, -0.2) is 9.97 Å². The summed E-state index contributed by atoms with van der Waals surface area (Å²) in [6, 6.07) is 8.33. The summed E-state index contributed by atoms with van der Waals surface area (Å²) in [5.74, 6) is 2.40. The van der Waals surface area contributed by atoms with Gasteiger partial charge >= 0.3 is 0 Å². The van der Waals surface area contributed by atoms with Crippen LogP contribution in [0.15, 0.2) is 24.3 Å². The van der Waals surface area contributed by atoms with Crippen molar-refractivity contribution in [3.63, 3.8) is 0 Å². The summed E-state index contributed by atoms with van der Waals surface area (Å²) in [6.45, 7) is 12.6. The van der Waals surface area contributed by atoms with Crippen LogP contribution in [-0.4, -0.2) is 38.1 Å². The molecule has 0 bridgehead atoms. The lowest BCUT2D eigenvalue weighted by Gasteiger charge is -2.41. The molecule has 4 rings (SSSR count). The number of para-hydroxylation sites is 1. The molecular formula is C24H35N5. The fourth-order valence-electron chi connectivity index (χ4n) is 4.67. The second-order valence-electron chi connectivity index (χ2n) is 9.55. The molecule has 0 radical (unpaired) electrons. The maximum absolute atomic E-state index is 6.34. The quantitative estimate of drug-likeness (QED) is 0.661. The zero-order valence-electron chi connectivity index (χ0n) is 18.4. The third-order valence-electron chi connectivity index (χ3n) is 6.45. The Bertz CT molecular complexity index is 990. The number of nitrogens with two attached hydrogens (primary N) is 1. The highest BCUT2D eigenvalue weighted by molar-refractivity contribution is 6.06. The topological polar surface area (TPSA) is 60.0 Å². The number of benzene rings is 1. The molecule has 0 atom stereocenters. The largest absolute Gasteiger partial charge is 0.382 e. The molecule has 0 aliphatic carbocycles. The van der Waals surface area contributed by atoms with E-state index in [1.807, 2.05) is 6.07 Å². The summed E-state index contributed by atoms with van der Waals surface area (Å²) >= 11 is 0. The van der Waals surface area contributed by atoms with Crippen molar-refractivity contribution in [2.45, 2.75) is 71.9 Å². The van der Waals surface area contributed by atoms with Crippen LogP contribution < -0.4 is 5.73 Å². The Morgan fingerprint density at radius 3 is 2.52 bits per heavy atom. The van der Waals surface area contributed by atoms with Crippen molar-refractivity contribution in [3.05, 3.63) is 30.1 Å². The number of anilines is 1. The number of imidazole rings is 1. The van der Waals surface area contributed by atoms with Crippen LogP contribution in [0.25, 0.3) is 21.9 Å². The first-order chi connectivity index (χ1) is 13.9. The Hall–Kier alpha value is -2.14. The van der Waals surface area contributed by atoms with Gasteiger partial charge in [0.15, 0.2) is 5.82 Å². The summed E-state index contributed by atoms with van der Waals surface area (Å²) in [4.78, 5) is 12.2. The molecule has 1 fully saturated rings. The molecule has 1 aromatic carbocycles. The molecule has 1 aliphatic heterocycles. The minimum absolute atomic E-state index is 0.259. The van der Waals surface area contributed by atoms with E-state index in [4.69, 9.17) is 10.7 Å². The number of aromatic nitrogens is 3. The number of hydrogen-bond acceptors (Lipinski definition) is 4. The van der Waals surface area contributed by atoms with Crippen LogP contribution in [0.1, 0.15) is 59.2 Å². The SMILES string of the molecule is CCCCc1nc2c(N)nc3ccccc3c2n1CC1CCN(C(C)(C)C)CC1. The Morgan fingerprint density at radius 1 is 1.10 bits per heavy atom. The minimum Gasteiger partial charge on any atom is -0.382 e. The van der Waals surface area contributed by atoms with E-state index in [2.05, 4.69) is 60.3 Å². The molecule has 1 saturated heterocycles. The number of fused-ring (bicyclic) bond motifs is 3. The summed E-state index contributed by atoms with van der Waals surface area (Å²) in [7, 11) is 0. The Balaban J connectivity index is 1.72. The van der Waals surface area contributed by atoms with E-state index in [0.717, 1.165) is 30.4 Å². The number of unbranched alkanes of at least 4 members (excludes halogenated alkanes) is 1. The number of nitrogen functional groups attached to an aromatic ring is 1. The third kappa shape index (κ3) is 3.97. The highest BCUT2D eigenvalue weighted by atomic mass is 15.2. The van der Waals surface area contributed by atoms with Gasteiger partial charge in [0.05, 0.1) is 11.0 Å². The number of pyridine rings is 1. The van der Waals surface area contributed by atoms with E-state index in [1.165, 1.54) is 49.1 Å². The van der Waals surface area contributed by atoms with Crippen LogP contribution in [-0.2, 0) is 13.0 Å². The first kappa shape index (κ1) is 20.1. The van der Waals surface area contributed by atoms with E-state index in [0.29, 0.717) is 11.7 Å². The molecule has 5 nitrogen and oxygen atoms in total. The van der Waals surface area contributed by atoms with Gasteiger partial charge in [-0.15, -0.1) is 0 Å². The molecule has 2 N–H and O–H groups in total. The fraction of sp³-hybridized carbons (Fsp3) is 0.583. The van der Waals surface area contributed by atoms with E-state index in [9.17, 15) is 0 Å². The van der Waals surface area contributed by atoms with Crippen molar-refractivity contribution in [1.29, 1.82) is 0 Å². The number of rotatable bonds is 5. The minimum atomic E-state index is 0.259. The van der Waals surface area contributed by atoms with Crippen molar-refractivity contribution >= 4 is 27.8 Å². The molecule has 3 heterocycles. The van der Waals surface area contributed by atoms with Crippen LogP contribution in [0.3, 0.4) is 0 Å². The van der Waals surface area contributed by atoms with Gasteiger partial charge in [0.1, 0.15) is 11.3 Å². The van der Waals surface area contributed by atoms with Crippen LogP contribution in [0.2, 0.25) is 0 Å². The van der Waals surface area contributed by atoms with Gasteiger partial charge in [0.25, 0.3) is 0 Å². The van der Waals surface area contributed by atoms with Gasteiger partial charge in [-0.05, 0) is 65.1 Å². The lowest BCUT2D eigenvalue weighted by Crippen LogP contribution is -2.46. The van der Waals surface area contributed by atoms with Gasteiger partial charge in [-0.2, -0.15) is 0 Å². The Morgan fingerprint density at radius 2 is 1.83 bits per heavy atom. The predicted molar refractivity (Wildman–Crippen MR) is 122 cm³/mol. The van der Waals surface area contributed by atoms with Crippen molar-refractivity contribution in [2.75, 3.05) is 18.8 Å². The molecule has 3 aromatic rings. The van der Waals surface area contributed by atoms with Crippen molar-refractivity contribution in [3.8, 4) is 0 Å². The van der Waals surface area contributed by atoms with E-state index < -0.39 is 0 Å². The monoisotopic (exact) mass is 393 g/mol. The maximum Gasteiger partial charge on any atom is 0.152 e. The maximum atomic E-state index is 6.34. The van der Waals surface area contributed by atoms with Crippen LogP contribution >= 0.6 is 0 Å². The molecule has 29 heavy (non-hydrogen) atoms. The van der Waals surface area contributed by atoms with Crippen molar-refractivity contribution in [1.82, 2.24) is 19.4 Å². The summed E-state index contributed by atoms with van der Waals surface area (Å²) in [5, 5.41) is 1.17. The number of piperidine rings is 1. The molecule has 0 unspecified atom stereocenters. The van der Waals surface area contributed by atoms with E-state index in [1.54, 1.807) is 0 Å². The average Bonchev–Trinajstić information content (AvgIpc) is 3.05. The molecule has 1 aliphatic rings. The van der Waals surface area contributed by atoms with Crippen molar-refractivity contribution < 1.29 is 0 Å². The second-order valence-corrected chi connectivity index (χ2v) is 9.55. The number of likely N-dealkylation sites (tertiary alicyclic amines) is 1. The molecule has 0 spiro atoms. The third-order valence-corrected chi connectivity index (χ3v) is 6.45. The number of aryl methyl sites for hydroxylation is 1. The van der Waals surface area contributed by atoms with Gasteiger partial charge in [0.2, 0.25) is 0 Å². The molecule has 2 aromatic heterocycles. The van der Waals surface area contributed by atoms with Gasteiger partial charge in [-0.3, -0.25) is 4.90 Å². The standard InChI is InChI=1S/C24H35N5/c1-5-6-11-20-27-21-22(18-9-7-8-10-19(18)26-23(21)25)29(20)16-17-12-14-28(15-13-17)24(2,3)4/h7-10,17H,5-6,11-16H2,1-4H3,(H2,25,26). The molecule has 5 heteroatoms. The van der Waals surface area contributed by atoms with Gasteiger partial charge in [-0.1, -0.05) is 31.5 Å². The molecular weight excluding hydrogens is 358 g/mol. The van der Waals surface area contributed by atoms with Crippen molar-refractivity contribution in [2.24, 2.45) is 5.92 Å². The zero-order chi connectivity index (χ0) is 20.6. The van der Waals surface area contributed by atoms with Crippen LogP contribution in [0, 0.1) is 5.92 Å².